The van der Waals surface area contributed by atoms with E-state index < -0.39 is 0 Å². The summed E-state index contributed by atoms with van der Waals surface area (Å²) in [6, 6.07) is 1.46. The zero-order chi connectivity index (χ0) is 10.3. The van der Waals surface area contributed by atoms with Crippen molar-refractivity contribution in [2.75, 3.05) is 7.11 Å². The van der Waals surface area contributed by atoms with Crippen LogP contribution in [0.2, 0.25) is 0 Å². The summed E-state index contributed by atoms with van der Waals surface area (Å²) in [6.45, 7) is 6.96. The van der Waals surface area contributed by atoms with E-state index in [9.17, 15) is 0 Å². The lowest BCUT2D eigenvalue weighted by molar-refractivity contribution is -0.104. The molecule has 0 bridgehead atoms. The second-order valence-corrected chi connectivity index (χ2v) is 5.77. The highest BCUT2D eigenvalue weighted by molar-refractivity contribution is 5.04. The van der Waals surface area contributed by atoms with Crippen molar-refractivity contribution in [3.8, 4) is 0 Å². The molecule has 2 fully saturated rings. The first-order valence-electron chi connectivity index (χ1n) is 5.83. The fraction of sp³-hybridized carbons (Fsp3) is 1.00. The first kappa shape index (κ1) is 10.4. The standard InChI is InChI=1S/C12H23NO/c1-8-5-9(6-8)13-10-7-11(14-4)12(10,2)3/h8-11,13H,5-7H2,1-4H3. The molecule has 0 radical (unpaired) electrons. The van der Waals surface area contributed by atoms with Crippen molar-refractivity contribution in [2.45, 2.75) is 58.2 Å². The maximum Gasteiger partial charge on any atom is 0.0652 e. The van der Waals surface area contributed by atoms with Crippen LogP contribution in [0.1, 0.15) is 40.0 Å². The van der Waals surface area contributed by atoms with Gasteiger partial charge in [0.05, 0.1) is 6.10 Å². The van der Waals surface area contributed by atoms with Crippen LogP contribution in [0.3, 0.4) is 0 Å². The zero-order valence-electron chi connectivity index (χ0n) is 9.84. The first-order valence-corrected chi connectivity index (χ1v) is 5.83. The fourth-order valence-corrected chi connectivity index (χ4v) is 2.89. The maximum atomic E-state index is 5.45. The van der Waals surface area contributed by atoms with E-state index in [0.29, 0.717) is 17.6 Å². The van der Waals surface area contributed by atoms with E-state index in [1.165, 1.54) is 19.3 Å². The minimum absolute atomic E-state index is 0.327. The second kappa shape index (κ2) is 3.49. The summed E-state index contributed by atoms with van der Waals surface area (Å²) in [5.74, 6) is 0.939. The van der Waals surface area contributed by atoms with E-state index in [4.69, 9.17) is 4.74 Å². The van der Waals surface area contributed by atoms with Gasteiger partial charge in [0.25, 0.3) is 0 Å². The molecule has 0 saturated heterocycles. The molecule has 2 aliphatic rings. The van der Waals surface area contributed by atoms with Crippen LogP contribution in [0.15, 0.2) is 0 Å². The van der Waals surface area contributed by atoms with Gasteiger partial charge in [-0.25, -0.2) is 0 Å². The zero-order valence-corrected chi connectivity index (χ0v) is 9.84. The molecule has 2 unspecified atom stereocenters. The monoisotopic (exact) mass is 197 g/mol. The van der Waals surface area contributed by atoms with Crippen molar-refractivity contribution in [1.29, 1.82) is 0 Å². The van der Waals surface area contributed by atoms with Gasteiger partial charge in [-0.15, -0.1) is 0 Å². The molecule has 0 heterocycles. The Morgan fingerprint density at radius 1 is 1.21 bits per heavy atom. The van der Waals surface area contributed by atoms with Crippen LogP contribution in [-0.4, -0.2) is 25.3 Å². The largest absolute Gasteiger partial charge is 0.381 e. The lowest BCUT2D eigenvalue weighted by atomic mass is 9.63. The Labute approximate surface area is 87.4 Å². The average Bonchev–Trinajstić information content (AvgIpc) is 2.07. The highest BCUT2D eigenvalue weighted by Crippen LogP contribution is 2.43. The van der Waals surface area contributed by atoms with Crippen LogP contribution in [-0.2, 0) is 4.74 Å². The molecule has 82 valence electrons. The third-order valence-corrected chi connectivity index (χ3v) is 4.27. The SMILES string of the molecule is COC1CC(NC2CC(C)C2)C1(C)C. The topological polar surface area (TPSA) is 21.3 Å². The molecule has 14 heavy (non-hydrogen) atoms. The Hall–Kier alpha value is -0.0800. The Balaban J connectivity index is 1.78. The number of rotatable bonds is 3. The van der Waals surface area contributed by atoms with Crippen LogP contribution in [0.4, 0.5) is 0 Å². The summed E-state index contributed by atoms with van der Waals surface area (Å²) < 4.78 is 5.45. The number of ether oxygens (including phenoxy) is 1. The van der Waals surface area contributed by atoms with Gasteiger partial charge >= 0.3 is 0 Å². The number of methoxy groups -OCH3 is 1. The van der Waals surface area contributed by atoms with Crippen molar-refractivity contribution >= 4 is 0 Å². The first-order chi connectivity index (χ1) is 6.54. The van der Waals surface area contributed by atoms with E-state index in [1.54, 1.807) is 0 Å². The Morgan fingerprint density at radius 3 is 2.29 bits per heavy atom. The molecule has 0 aliphatic heterocycles. The van der Waals surface area contributed by atoms with Crippen LogP contribution in [0, 0.1) is 11.3 Å². The van der Waals surface area contributed by atoms with Crippen LogP contribution in [0.25, 0.3) is 0 Å². The van der Waals surface area contributed by atoms with Gasteiger partial charge in [-0.1, -0.05) is 20.8 Å². The number of hydrogen-bond acceptors (Lipinski definition) is 2. The van der Waals surface area contributed by atoms with Crippen LogP contribution < -0.4 is 5.32 Å². The van der Waals surface area contributed by atoms with Crippen molar-refractivity contribution in [1.82, 2.24) is 5.32 Å². The minimum Gasteiger partial charge on any atom is -0.381 e. The van der Waals surface area contributed by atoms with Gasteiger partial charge in [-0.05, 0) is 25.2 Å². The average molecular weight is 197 g/mol. The molecule has 2 rings (SSSR count). The molecule has 0 aromatic heterocycles. The summed E-state index contributed by atoms with van der Waals surface area (Å²) in [7, 11) is 1.83. The minimum atomic E-state index is 0.327. The van der Waals surface area contributed by atoms with Gasteiger partial charge in [0.15, 0.2) is 0 Å². The lowest BCUT2D eigenvalue weighted by Crippen LogP contribution is -2.63. The molecule has 0 aromatic carbocycles. The van der Waals surface area contributed by atoms with E-state index in [2.05, 4.69) is 26.1 Å². The van der Waals surface area contributed by atoms with Gasteiger partial charge in [0.1, 0.15) is 0 Å². The Morgan fingerprint density at radius 2 is 1.86 bits per heavy atom. The van der Waals surface area contributed by atoms with Gasteiger partial charge < -0.3 is 10.1 Å². The van der Waals surface area contributed by atoms with Gasteiger partial charge in [-0.2, -0.15) is 0 Å². The smallest absolute Gasteiger partial charge is 0.0652 e. The summed E-state index contributed by atoms with van der Waals surface area (Å²) in [4.78, 5) is 0. The van der Waals surface area contributed by atoms with Crippen LogP contribution >= 0.6 is 0 Å². The van der Waals surface area contributed by atoms with E-state index in [0.717, 1.165) is 12.0 Å². The van der Waals surface area contributed by atoms with E-state index >= 15 is 0 Å². The van der Waals surface area contributed by atoms with Crippen molar-refractivity contribution in [3.05, 3.63) is 0 Å². The molecule has 0 aromatic rings. The number of hydrogen-bond donors (Lipinski definition) is 1. The quantitative estimate of drug-likeness (QED) is 0.749. The third kappa shape index (κ3) is 1.59. The predicted molar refractivity (Wildman–Crippen MR) is 58.3 cm³/mol. The van der Waals surface area contributed by atoms with E-state index in [-0.39, 0.29) is 0 Å². The summed E-state index contributed by atoms with van der Waals surface area (Å²) >= 11 is 0. The highest BCUT2D eigenvalue weighted by Gasteiger charge is 2.49. The molecule has 2 saturated carbocycles. The molecule has 2 atom stereocenters. The summed E-state index contributed by atoms with van der Waals surface area (Å²) in [5, 5.41) is 3.76. The highest BCUT2D eigenvalue weighted by atomic mass is 16.5. The summed E-state index contributed by atoms with van der Waals surface area (Å²) in [6.07, 6.45) is 4.38. The fourth-order valence-electron chi connectivity index (χ4n) is 2.89. The van der Waals surface area contributed by atoms with Crippen molar-refractivity contribution in [2.24, 2.45) is 11.3 Å². The second-order valence-electron chi connectivity index (χ2n) is 5.77. The lowest BCUT2D eigenvalue weighted by Gasteiger charge is -2.54. The Kier molecular flexibility index (Phi) is 2.61. The molecule has 2 heteroatoms. The molecule has 2 nitrogen and oxygen atoms in total. The molecular weight excluding hydrogens is 174 g/mol. The van der Waals surface area contributed by atoms with Gasteiger partial charge in [0, 0.05) is 24.6 Å². The van der Waals surface area contributed by atoms with Crippen molar-refractivity contribution in [3.63, 3.8) is 0 Å². The summed E-state index contributed by atoms with van der Waals surface area (Å²) in [5.41, 5.74) is 0.327. The normalized spacial score (nSPS) is 45.4. The van der Waals surface area contributed by atoms with Gasteiger partial charge in [-0.3, -0.25) is 0 Å². The molecule has 0 spiro atoms. The van der Waals surface area contributed by atoms with Gasteiger partial charge in [0.2, 0.25) is 0 Å². The third-order valence-electron chi connectivity index (χ3n) is 4.27. The predicted octanol–water partition coefficient (Wildman–Crippen LogP) is 2.19. The number of nitrogens with one attached hydrogen (secondary N) is 1. The van der Waals surface area contributed by atoms with Crippen molar-refractivity contribution < 1.29 is 4.74 Å². The van der Waals surface area contributed by atoms with E-state index in [1.807, 2.05) is 7.11 Å². The maximum absolute atomic E-state index is 5.45. The van der Waals surface area contributed by atoms with Crippen LogP contribution in [0.5, 0.6) is 0 Å². The molecular formula is C12H23NO. The Bertz CT molecular complexity index is 208. The molecule has 2 aliphatic carbocycles. The molecule has 0 amide bonds. The molecule has 1 N–H and O–H groups in total.